The van der Waals surface area contributed by atoms with E-state index in [4.69, 9.17) is 9.15 Å². The number of hydrogen-bond acceptors (Lipinski definition) is 3. The van der Waals surface area contributed by atoms with E-state index in [1.807, 2.05) is 13.8 Å². The molecule has 0 bridgehead atoms. The molecule has 0 radical (unpaired) electrons. The summed E-state index contributed by atoms with van der Waals surface area (Å²) in [6.45, 7) is 12.9. The fourth-order valence-corrected chi connectivity index (χ4v) is 1.56. The van der Waals surface area contributed by atoms with E-state index in [-0.39, 0.29) is 6.10 Å². The van der Waals surface area contributed by atoms with Crippen LogP contribution in [-0.2, 0) is 17.9 Å². The van der Waals surface area contributed by atoms with E-state index in [1.54, 1.807) is 0 Å². The van der Waals surface area contributed by atoms with Crippen LogP contribution in [0.25, 0.3) is 0 Å². The Labute approximate surface area is 105 Å². The Bertz CT molecular complexity index is 329. The standard InChI is InChI=1S/C14H25NO2/c1-10(2)7-15-8-14-12(5)6-13(17-14)9-16-11(3)4/h6,10-11,15H,7-9H2,1-5H3. The molecule has 0 saturated heterocycles. The molecule has 1 rings (SSSR count). The molecule has 0 spiro atoms. The highest BCUT2D eigenvalue weighted by atomic mass is 16.5. The van der Waals surface area contributed by atoms with Gasteiger partial charge in [0.05, 0.1) is 12.6 Å². The van der Waals surface area contributed by atoms with Crippen molar-refractivity contribution in [1.82, 2.24) is 5.32 Å². The number of furan rings is 1. The van der Waals surface area contributed by atoms with Crippen molar-refractivity contribution in [3.63, 3.8) is 0 Å². The largest absolute Gasteiger partial charge is 0.462 e. The molecule has 0 aromatic carbocycles. The maximum Gasteiger partial charge on any atom is 0.130 e. The minimum absolute atomic E-state index is 0.239. The van der Waals surface area contributed by atoms with Gasteiger partial charge in [-0.05, 0) is 44.9 Å². The van der Waals surface area contributed by atoms with Crippen LogP contribution in [0.3, 0.4) is 0 Å². The second-order valence-electron chi connectivity index (χ2n) is 5.20. The van der Waals surface area contributed by atoms with E-state index in [9.17, 15) is 0 Å². The molecule has 0 saturated carbocycles. The van der Waals surface area contributed by atoms with E-state index in [1.165, 1.54) is 5.56 Å². The molecule has 0 unspecified atom stereocenters. The molecular formula is C14H25NO2. The Hall–Kier alpha value is -0.800. The maximum atomic E-state index is 5.76. The lowest BCUT2D eigenvalue weighted by Crippen LogP contribution is -2.18. The van der Waals surface area contributed by atoms with Gasteiger partial charge in [0, 0.05) is 0 Å². The van der Waals surface area contributed by atoms with Crippen LogP contribution >= 0.6 is 0 Å². The first kappa shape index (κ1) is 14.3. The van der Waals surface area contributed by atoms with Gasteiger partial charge in [-0.1, -0.05) is 13.8 Å². The number of rotatable bonds is 7. The summed E-state index contributed by atoms with van der Waals surface area (Å²) in [6.07, 6.45) is 0.239. The van der Waals surface area contributed by atoms with Gasteiger partial charge in [-0.2, -0.15) is 0 Å². The third-order valence-electron chi connectivity index (χ3n) is 2.47. The van der Waals surface area contributed by atoms with Crippen molar-refractivity contribution in [3.8, 4) is 0 Å². The first-order chi connectivity index (χ1) is 7.99. The molecule has 0 atom stereocenters. The first-order valence-corrected chi connectivity index (χ1v) is 6.39. The second kappa shape index (κ2) is 6.82. The molecule has 0 aliphatic rings. The van der Waals surface area contributed by atoms with Crippen LogP contribution in [0.4, 0.5) is 0 Å². The third-order valence-corrected chi connectivity index (χ3v) is 2.47. The quantitative estimate of drug-likeness (QED) is 0.793. The SMILES string of the molecule is Cc1cc(COC(C)C)oc1CNCC(C)C. The summed E-state index contributed by atoms with van der Waals surface area (Å²) in [7, 11) is 0. The van der Waals surface area contributed by atoms with E-state index in [0.29, 0.717) is 12.5 Å². The highest BCUT2D eigenvalue weighted by Crippen LogP contribution is 2.16. The molecular weight excluding hydrogens is 214 g/mol. The predicted octanol–water partition coefficient (Wildman–Crippen LogP) is 3.26. The van der Waals surface area contributed by atoms with Gasteiger partial charge in [-0.3, -0.25) is 0 Å². The van der Waals surface area contributed by atoms with Crippen LogP contribution in [0.15, 0.2) is 10.5 Å². The van der Waals surface area contributed by atoms with Gasteiger partial charge in [-0.25, -0.2) is 0 Å². The molecule has 0 aliphatic carbocycles. The lowest BCUT2D eigenvalue weighted by Gasteiger charge is -2.06. The minimum Gasteiger partial charge on any atom is -0.462 e. The second-order valence-corrected chi connectivity index (χ2v) is 5.20. The molecule has 1 N–H and O–H groups in total. The van der Waals surface area contributed by atoms with Crippen molar-refractivity contribution in [2.24, 2.45) is 5.92 Å². The number of aryl methyl sites for hydroxylation is 1. The van der Waals surface area contributed by atoms with Gasteiger partial charge in [0.25, 0.3) is 0 Å². The van der Waals surface area contributed by atoms with Crippen LogP contribution in [-0.4, -0.2) is 12.6 Å². The number of hydrogen-bond donors (Lipinski definition) is 1. The number of nitrogens with one attached hydrogen (secondary N) is 1. The van der Waals surface area contributed by atoms with E-state index < -0.39 is 0 Å². The van der Waals surface area contributed by atoms with Crippen molar-refractivity contribution in [2.75, 3.05) is 6.54 Å². The highest BCUT2D eigenvalue weighted by Gasteiger charge is 2.08. The van der Waals surface area contributed by atoms with Crippen LogP contribution in [0, 0.1) is 12.8 Å². The normalized spacial score (nSPS) is 11.7. The molecule has 3 heteroatoms. The summed E-state index contributed by atoms with van der Waals surface area (Å²) in [4.78, 5) is 0. The fourth-order valence-electron chi connectivity index (χ4n) is 1.56. The monoisotopic (exact) mass is 239 g/mol. The Balaban J connectivity index is 2.44. The molecule has 1 aromatic heterocycles. The van der Waals surface area contributed by atoms with E-state index in [2.05, 4.69) is 32.2 Å². The van der Waals surface area contributed by atoms with Crippen molar-refractivity contribution in [2.45, 2.75) is 53.9 Å². The average Bonchev–Trinajstić information content (AvgIpc) is 2.56. The van der Waals surface area contributed by atoms with Gasteiger partial charge < -0.3 is 14.5 Å². The molecule has 0 aliphatic heterocycles. The van der Waals surface area contributed by atoms with Crippen molar-refractivity contribution in [1.29, 1.82) is 0 Å². The average molecular weight is 239 g/mol. The fraction of sp³-hybridized carbons (Fsp3) is 0.714. The molecule has 3 nitrogen and oxygen atoms in total. The van der Waals surface area contributed by atoms with Gasteiger partial charge in [0.15, 0.2) is 0 Å². The maximum absolute atomic E-state index is 5.76. The lowest BCUT2D eigenvalue weighted by molar-refractivity contribution is 0.0538. The van der Waals surface area contributed by atoms with Crippen LogP contribution < -0.4 is 5.32 Å². The Kier molecular flexibility index (Phi) is 5.72. The van der Waals surface area contributed by atoms with Crippen LogP contribution in [0.5, 0.6) is 0 Å². The first-order valence-electron chi connectivity index (χ1n) is 6.39. The molecule has 17 heavy (non-hydrogen) atoms. The van der Waals surface area contributed by atoms with E-state index >= 15 is 0 Å². The molecule has 0 amide bonds. The topological polar surface area (TPSA) is 34.4 Å². The third kappa shape index (κ3) is 5.37. The van der Waals surface area contributed by atoms with Gasteiger partial charge in [0.2, 0.25) is 0 Å². The zero-order chi connectivity index (χ0) is 12.8. The molecule has 98 valence electrons. The van der Waals surface area contributed by atoms with E-state index in [0.717, 1.165) is 24.6 Å². The molecule has 1 heterocycles. The Morgan fingerprint density at radius 2 is 2.00 bits per heavy atom. The Morgan fingerprint density at radius 1 is 1.29 bits per heavy atom. The van der Waals surface area contributed by atoms with Gasteiger partial charge in [0.1, 0.15) is 18.1 Å². The Morgan fingerprint density at radius 3 is 2.59 bits per heavy atom. The van der Waals surface area contributed by atoms with Gasteiger partial charge >= 0.3 is 0 Å². The summed E-state index contributed by atoms with van der Waals surface area (Å²) in [5.74, 6) is 2.60. The summed E-state index contributed by atoms with van der Waals surface area (Å²) < 4.78 is 11.3. The highest BCUT2D eigenvalue weighted by molar-refractivity contribution is 5.19. The van der Waals surface area contributed by atoms with Crippen molar-refractivity contribution in [3.05, 3.63) is 23.2 Å². The lowest BCUT2D eigenvalue weighted by atomic mass is 10.2. The summed E-state index contributed by atoms with van der Waals surface area (Å²) in [5, 5.41) is 3.39. The smallest absolute Gasteiger partial charge is 0.130 e. The van der Waals surface area contributed by atoms with Crippen molar-refractivity contribution >= 4 is 0 Å². The van der Waals surface area contributed by atoms with Gasteiger partial charge in [-0.15, -0.1) is 0 Å². The van der Waals surface area contributed by atoms with Crippen LogP contribution in [0.1, 0.15) is 44.8 Å². The number of ether oxygens (including phenoxy) is 1. The molecule has 0 fully saturated rings. The summed E-state index contributed by atoms with van der Waals surface area (Å²) in [6, 6.07) is 2.06. The predicted molar refractivity (Wildman–Crippen MR) is 69.9 cm³/mol. The summed E-state index contributed by atoms with van der Waals surface area (Å²) in [5.41, 5.74) is 1.20. The zero-order valence-corrected chi connectivity index (χ0v) is 11.7. The minimum atomic E-state index is 0.239. The van der Waals surface area contributed by atoms with Crippen LogP contribution in [0.2, 0.25) is 0 Å². The summed E-state index contributed by atoms with van der Waals surface area (Å²) >= 11 is 0. The van der Waals surface area contributed by atoms with Crippen molar-refractivity contribution < 1.29 is 9.15 Å². The molecule has 1 aromatic rings. The zero-order valence-electron chi connectivity index (χ0n) is 11.7.